The maximum Gasteiger partial charge on any atom is 0.223 e. The molecule has 0 aliphatic carbocycles. The third-order valence-electron chi connectivity index (χ3n) is 2.43. The Labute approximate surface area is 127 Å². The van der Waals surface area contributed by atoms with Crippen molar-refractivity contribution in [3.05, 3.63) is 28.7 Å². The molecule has 0 spiro atoms. The number of carbonyl (C=O) groups excluding carboxylic acids is 1. The molecule has 0 aliphatic rings. The molecule has 5 nitrogen and oxygen atoms in total. The highest BCUT2D eigenvalue weighted by molar-refractivity contribution is 9.10. The lowest BCUT2D eigenvalue weighted by molar-refractivity contribution is -0.121. The topological polar surface area (TPSA) is 67.8 Å². The Morgan fingerprint density at radius 2 is 1.95 bits per heavy atom. The van der Waals surface area contributed by atoms with E-state index >= 15 is 0 Å². The van der Waals surface area contributed by atoms with Crippen LogP contribution in [0.5, 0.6) is 5.75 Å². The van der Waals surface area contributed by atoms with E-state index < -0.39 is 0 Å². The van der Waals surface area contributed by atoms with Gasteiger partial charge in [-0.1, -0.05) is 15.9 Å². The van der Waals surface area contributed by atoms with E-state index in [2.05, 4.69) is 21.2 Å². The highest BCUT2D eigenvalue weighted by Gasteiger charge is 2.01. The minimum atomic E-state index is -0.0377. The van der Waals surface area contributed by atoms with Gasteiger partial charge in [-0.3, -0.25) is 4.79 Å². The third kappa shape index (κ3) is 8.14. The van der Waals surface area contributed by atoms with E-state index in [0.29, 0.717) is 32.8 Å². The zero-order valence-corrected chi connectivity index (χ0v) is 12.9. The lowest BCUT2D eigenvalue weighted by Gasteiger charge is -2.07. The number of aliphatic hydroxyl groups excluding tert-OH is 1. The summed E-state index contributed by atoms with van der Waals surface area (Å²) in [6.07, 6.45) is 1.06. The van der Waals surface area contributed by atoms with Crippen LogP contribution < -0.4 is 10.1 Å². The van der Waals surface area contributed by atoms with Crippen molar-refractivity contribution in [3.63, 3.8) is 0 Å². The monoisotopic (exact) mass is 345 g/mol. The van der Waals surface area contributed by atoms with Crippen LogP contribution in [0.4, 0.5) is 0 Å². The fourth-order valence-corrected chi connectivity index (χ4v) is 1.71. The number of hydrogen-bond donors (Lipinski definition) is 2. The summed E-state index contributed by atoms with van der Waals surface area (Å²) in [5.41, 5.74) is 0. The van der Waals surface area contributed by atoms with Crippen molar-refractivity contribution in [2.24, 2.45) is 0 Å². The summed E-state index contributed by atoms with van der Waals surface area (Å²) >= 11 is 3.34. The predicted molar refractivity (Wildman–Crippen MR) is 79.8 cm³/mol. The Morgan fingerprint density at radius 1 is 1.20 bits per heavy atom. The molecule has 1 aromatic carbocycles. The van der Waals surface area contributed by atoms with Crippen molar-refractivity contribution < 1.29 is 19.4 Å². The van der Waals surface area contributed by atoms with Crippen molar-refractivity contribution in [1.82, 2.24) is 5.32 Å². The second kappa shape index (κ2) is 10.7. The Hall–Kier alpha value is -1.11. The van der Waals surface area contributed by atoms with Gasteiger partial charge in [-0.15, -0.1) is 0 Å². The van der Waals surface area contributed by atoms with Crippen molar-refractivity contribution in [1.29, 1.82) is 0 Å². The molecule has 1 aromatic rings. The number of hydrogen-bond acceptors (Lipinski definition) is 4. The summed E-state index contributed by atoms with van der Waals surface area (Å²) in [4.78, 5) is 11.5. The van der Waals surface area contributed by atoms with Gasteiger partial charge in [0.1, 0.15) is 5.75 Å². The van der Waals surface area contributed by atoms with E-state index in [1.165, 1.54) is 0 Å². The zero-order valence-electron chi connectivity index (χ0n) is 11.3. The molecule has 0 saturated heterocycles. The van der Waals surface area contributed by atoms with Crippen LogP contribution in [-0.4, -0.2) is 44.0 Å². The van der Waals surface area contributed by atoms with E-state index in [0.717, 1.165) is 16.6 Å². The molecule has 0 bridgehead atoms. The van der Waals surface area contributed by atoms with Gasteiger partial charge in [-0.05, 0) is 30.7 Å². The van der Waals surface area contributed by atoms with Crippen LogP contribution >= 0.6 is 15.9 Å². The molecule has 0 saturated carbocycles. The van der Waals surface area contributed by atoms with Crippen LogP contribution in [0.15, 0.2) is 28.7 Å². The summed E-state index contributed by atoms with van der Waals surface area (Å²) in [6, 6.07) is 7.48. The first-order chi connectivity index (χ1) is 9.72. The molecule has 0 aromatic heterocycles. The fraction of sp³-hybridized carbons (Fsp3) is 0.500. The molecule has 0 heterocycles. The number of nitrogens with one attached hydrogen (secondary N) is 1. The summed E-state index contributed by atoms with van der Waals surface area (Å²) < 4.78 is 11.5. The van der Waals surface area contributed by atoms with Gasteiger partial charge in [-0.2, -0.15) is 0 Å². The average Bonchev–Trinajstić information content (AvgIpc) is 2.45. The minimum absolute atomic E-state index is 0.0275. The maximum atomic E-state index is 11.5. The molecule has 0 fully saturated rings. The summed E-state index contributed by atoms with van der Waals surface area (Å²) in [7, 11) is 0. The van der Waals surface area contributed by atoms with E-state index in [4.69, 9.17) is 14.6 Å². The van der Waals surface area contributed by atoms with E-state index in [-0.39, 0.29) is 12.5 Å². The van der Waals surface area contributed by atoms with Gasteiger partial charge in [0.15, 0.2) is 0 Å². The lowest BCUT2D eigenvalue weighted by atomic mass is 10.3. The molecule has 0 unspecified atom stereocenters. The maximum absolute atomic E-state index is 11.5. The first-order valence-electron chi connectivity index (χ1n) is 6.56. The second-order valence-electron chi connectivity index (χ2n) is 4.09. The largest absolute Gasteiger partial charge is 0.493 e. The number of benzene rings is 1. The predicted octanol–water partition coefficient (Wildman–Crippen LogP) is 1.73. The van der Waals surface area contributed by atoms with Gasteiger partial charge >= 0.3 is 0 Å². The van der Waals surface area contributed by atoms with Crippen LogP contribution in [0, 0.1) is 0 Å². The number of amides is 1. The number of aliphatic hydroxyl groups is 1. The molecule has 1 amide bonds. The van der Waals surface area contributed by atoms with Crippen LogP contribution in [0.3, 0.4) is 0 Å². The Bertz CT molecular complexity index is 383. The van der Waals surface area contributed by atoms with Crippen molar-refractivity contribution in [2.45, 2.75) is 12.8 Å². The quantitative estimate of drug-likeness (QED) is 0.634. The molecule has 20 heavy (non-hydrogen) atoms. The highest BCUT2D eigenvalue weighted by Crippen LogP contribution is 2.16. The average molecular weight is 346 g/mol. The Balaban J connectivity index is 2.01. The number of carbonyl (C=O) groups is 1. The smallest absolute Gasteiger partial charge is 0.223 e. The Morgan fingerprint density at radius 3 is 2.65 bits per heavy atom. The molecular weight excluding hydrogens is 326 g/mol. The van der Waals surface area contributed by atoms with E-state index in [1.807, 2.05) is 24.3 Å². The first kappa shape index (κ1) is 16.9. The number of ether oxygens (including phenoxy) is 2. The van der Waals surface area contributed by atoms with Gasteiger partial charge in [0.25, 0.3) is 0 Å². The molecule has 112 valence electrons. The second-order valence-corrected chi connectivity index (χ2v) is 5.01. The van der Waals surface area contributed by atoms with Gasteiger partial charge in [-0.25, -0.2) is 0 Å². The van der Waals surface area contributed by atoms with Crippen molar-refractivity contribution in [3.8, 4) is 5.75 Å². The first-order valence-corrected chi connectivity index (χ1v) is 7.35. The third-order valence-corrected chi connectivity index (χ3v) is 2.96. The zero-order chi connectivity index (χ0) is 14.6. The number of rotatable bonds is 10. The van der Waals surface area contributed by atoms with Crippen LogP contribution in [0.25, 0.3) is 0 Å². The number of halogens is 1. The fourth-order valence-electron chi connectivity index (χ4n) is 1.45. The van der Waals surface area contributed by atoms with Gasteiger partial charge in [0, 0.05) is 17.6 Å². The SMILES string of the molecule is O=C(CCOc1ccc(Br)cc1)NCCCOCCO. The summed E-state index contributed by atoms with van der Waals surface area (Å²) in [5, 5.41) is 11.3. The molecule has 0 aliphatic heterocycles. The molecular formula is C14H20BrNO4. The van der Waals surface area contributed by atoms with Gasteiger partial charge in [0.05, 0.1) is 26.2 Å². The minimum Gasteiger partial charge on any atom is -0.493 e. The summed E-state index contributed by atoms with van der Waals surface area (Å²) in [6.45, 7) is 1.84. The van der Waals surface area contributed by atoms with Crippen LogP contribution in [-0.2, 0) is 9.53 Å². The highest BCUT2D eigenvalue weighted by atomic mass is 79.9. The van der Waals surface area contributed by atoms with Crippen molar-refractivity contribution in [2.75, 3.05) is 33.0 Å². The standard InChI is InChI=1S/C14H20BrNO4/c15-12-2-4-13(5-3-12)20-10-6-14(18)16-7-1-9-19-11-8-17/h2-5,17H,1,6-11H2,(H,16,18). The van der Waals surface area contributed by atoms with Gasteiger partial charge < -0.3 is 19.9 Å². The molecule has 6 heteroatoms. The Kier molecular flexibility index (Phi) is 9.02. The summed E-state index contributed by atoms with van der Waals surface area (Å²) in [5.74, 6) is 0.711. The molecule has 2 N–H and O–H groups in total. The van der Waals surface area contributed by atoms with Crippen LogP contribution in [0.1, 0.15) is 12.8 Å². The van der Waals surface area contributed by atoms with Crippen LogP contribution in [0.2, 0.25) is 0 Å². The normalized spacial score (nSPS) is 10.3. The molecule has 0 atom stereocenters. The lowest BCUT2D eigenvalue weighted by Crippen LogP contribution is -2.26. The molecule has 0 radical (unpaired) electrons. The van der Waals surface area contributed by atoms with Crippen molar-refractivity contribution >= 4 is 21.8 Å². The van der Waals surface area contributed by atoms with Gasteiger partial charge in [0.2, 0.25) is 5.91 Å². The molecule has 1 rings (SSSR count). The van der Waals surface area contributed by atoms with E-state index in [1.54, 1.807) is 0 Å². The van der Waals surface area contributed by atoms with E-state index in [9.17, 15) is 4.79 Å².